The average Bonchev–Trinajstić information content (AvgIpc) is 3.15. The highest BCUT2D eigenvalue weighted by Crippen LogP contribution is 2.19. The third-order valence-corrected chi connectivity index (χ3v) is 2.50. The maximum absolute atomic E-state index is 11.4. The van der Waals surface area contributed by atoms with Crippen LogP contribution in [0, 0.1) is 0 Å². The van der Waals surface area contributed by atoms with E-state index in [9.17, 15) is 4.79 Å². The summed E-state index contributed by atoms with van der Waals surface area (Å²) in [6.07, 6.45) is 3.27. The van der Waals surface area contributed by atoms with Gasteiger partial charge in [0.1, 0.15) is 6.04 Å². The van der Waals surface area contributed by atoms with Crippen molar-refractivity contribution in [2.75, 3.05) is 33.5 Å². The van der Waals surface area contributed by atoms with E-state index in [4.69, 9.17) is 14.2 Å². The highest BCUT2D eigenvalue weighted by Gasteiger charge is 2.28. The second-order valence-corrected chi connectivity index (χ2v) is 4.20. The van der Waals surface area contributed by atoms with Crippen LogP contribution in [0.4, 0.5) is 0 Å². The molecule has 0 aromatic heterocycles. The predicted molar refractivity (Wildman–Crippen MR) is 63.9 cm³/mol. The van der Waals surface area contributed by atoms with Gasteiger partial charge < -0.3 is 14.2 Å². The fourth-order valence-electron chi connectivity index (χ4n) is 1.43. The number of methoxy groups -OCH3 is 1. The highest BCUT2D eigenvalue weighted by atomic mass is 16.5. The van der Waals surface area contributed by atoms with Crippen LogP contribution in [-0.4, -0.2) is 51.6 Å². The predicted octanol–water partition coefficient (Wildman–Crippen LogP) is 0.723. The van der Waals surface area contributed by atoms with E-state index >= 15 is 0 Å². The molecule has 0 amide bonds. The third-order valence-electron chi connectivity index (χ3n) is 2.50. The van der Waals surface area contributed by atoms with Gasteiger partial charge in [-0.25, -0.2) is 0 Å². The molecule has 5 nitrogen and oxygen atoms in total. The van der Waals surface area contributed by atoms with Gasteiger partial charge >= 0.3 is 5.97 Å². The lowest BCUT2D eigenvalue weighted by Gasteiger charge is -2.16. The summed E-state index contributed by atoms with van der Waals surface area (Å²) in [4.78, 5) is 11.4. The lowest BCUT2D eigenvalue weighted by atomic mass is 10.3. The molecule has 1 unspecified atom stereocenters. The first-order valence-electron chi connectivity index (χ1n) is 6.27. The van der Waals surface area contributed by atoms with Crippen LogP contribution in [0.3, 0.4) is 0 Å². The van der Waals surface area contributed by atoms with Crippen LogP contribution in [0.5, 0.6) is 0 Å². The van der Waals surface area contributed by atoms with Crippen molar-refractivity contribution in [2.24, 2.45) is 0 Å². The maximum Gasteiger partial charge on any atom is 0.325 e. The monoisotopic (exact) mass is 245 g/mol. The molecule has 0 saturated heterocycles. The minimum atomic E-state index is -0.348. The van der Waals surface area contributed by atoms with Crippen LogP contribution >= 0.6 is 0 Å². The molecule has 1 aliphatic carbocycles. The van der Waals surface area contributed by atoms with E-state index in [1.165, 1.54) is 7.11 Å². The van der Waals surface area contributed by atoms with Crippen molar-refractivity contribution in [3.63, 3.8) is 0 Å². The molecule has 17 heavy (non-hydrogen) atoms. The molecule has 1 saturated carbocycles. The van der Waals surface area contributed by atoms with Crippen molar-refractivity contribution in [1.82, 2.24) is 5.32 Å². The number of rotatable bonds is 10. The van der Waals surface area contributed by atoms with E-state index in [-0.39, 0.29) is 12.0 Å². The molecular formula is C12H23NO4. The standard InChI is InChI=1S/C12H23NO4/c1-3-6-16-7-8-17-9-11(12(14)15-2)13-10-4-5-10/h10-11,13H,3-9H2,1-2H3. The lowest BCUT2D eigenvalue weighted by molar-refractivity contribution is -0.145. The summed E-state index contributed by atoms with van der Waals surface area (Å²) in [5.74, 6) is -0.258. The first kappa shape index (κ1) is 14.4. The number of hydrogen-bond donors (Lipinski definition) is 1. The van der Waals surface area contributed by atoms with Crippen molar-refractivity contribution >= 4 is 5.97 Å². The molecule has 0 radical (unpaired) electrons. The molecule has 0 aromatic carbocycles. The maximum atomic E-state index is 11.4. The van der Waals surface area contributed by atoms with Gasteiger partial charge in [-0.15, -0.1) is 0 Å². The largest absolute Gasteiger partial charge is 0.468 e. The molecule has 1 fully saturated rings. The van der Waals surface area contributed by atoms with Crippen LogP contribution in [0.2, 0.25) is 0 Å². The highest BCUT2D eigenvalue weighted by molar-refractivity contribution is 5.75. The number of ether oxygens (including phenoxy) is 3. The zero-order chi connectivity index (χ0) is 12.5. The van der Waals surface area contributed by atoms with E-state index in [0.717, 1.165) is 25.9 Å². The van der Waals surface area contributed by atoms with Gasteiger partial charge in [0.15, 0.2) is 0 Å². The minimum Gasteiger partial charge on any atom is -0.468 e. The summed E-state index contributed by atoms with van der Waals surface area (Å²) in [7, 11) is 1.40. The Hall–Kier alpha value is -0.650. The van der Waals surface area contributed by atoms with Gasteiger partial charge in [-0.3, -0.25) is 10.1 Å². The molecule has 100 valence electrons. The summed E-state index contributed by atoms with van der Waals surface area (Å²) >= 11 is 0. The number of nitrogens with one attached hydrogen (secondary N) is 1. The van der Waals surface area contributed by atoms with Crippen molar-refractivity contribution in [3.05, 3.63) is 0 Å². The summed E-state index contributed by atoms with van der Waals surface area (Å²) in [6.45, 7) is 4.25. The Kier molecular flexibility index (Phi) is 7.16. The number of esters is 1. The van der Waals surface area contributed by atoms with Crippen LogP contribution < -0.4 is 5.32 Å². The summed E-state index contributed by atoms with van der Waals surface area (Å²) in [6, 6.07) is 0.109. The zero-order valence-corrected chi connectivity index (χ0v) is 10.7. The van der Waals surface area contributed by atoms with Crippen LogP contribution in [0.1, 0.15) is 26.2 Å². The van der Waals surface area contributed by atoms with Gasteiger partial charge in [0.25, 0.3) is 0 Å². The lowest BCUT2D eigenvalue weighted by Crippen LogP contribution is -2.42. The van der Waals surface area contributed by atoms with Crippen molar-refractivity contribution in [3.8, 4) is 0 Å². The van der Waals surface area contributed by atoms with E-state index in [0.29, 0.717) is 25.9 Å². The third kappa shape index (κ3) is 6.61. The number of carbonyl (C=O) groups excluding carboxylic acids is 1. The molecule has 0 bridgehead atoms. The van der Waals surface area contributed by atoms with Gasteiger partial charge in [0.2, 0.25) is 0 Å². The molecule has 1 N–H and O–H groups in total. The first-order chi connectivity index (χ1) is 8.27. The Balaban J connectivity index is 2.08. The Labute approximate surface area is 103 Å². The molecular weight excluding hydrogens is 222 g/mol. The number of hydrogen-bond acceptors (Lipinski definition) is 5. The van der Waals surface area contributed by atoms with Gasteiger partial charge in [-0.2, -0.15) is 0 Å². The average molecular weight is 245 g/mol. The molecule has 0 aliphatic heterocycles. The Morgan fingerprint density at radius 2 is 2.00 bits per heavy atom. The van der Waals surface area contributed by atoms with E-state index < -0.39 is 0 Å². The number of carbonyl (C=O) groups is 1. The molecule has 0 aromatic rings. The summed E-state index contributed by atoms with van der Waals surface area (Å²) in [5.41, 5.74) is 0. The molecule has 5 heteroatoms. The van der Waals surface area contributed by atoms with Gasteiger partial charge in [-0.1, -0.05) is 6.92 Å². The quantitative estimate of drug-likeness (QED) is 0.454. The molecule has 1 rings (SSSR count). The topological polar surface area (TPSA) is 56.8 Å². The first-order valence-corrected chi connectivity index (χ1v) is 6.27. The fraction of sp³-hybridized carbons (Fsp3) is 0.917. The Bertz CT molecular complexity index is 219. The molecule has 0 heterocycles. The molecule has 1 atom stereocenters. The Morgan fingerprint density at radius 3 is 2.59 bits per heavy atom. The van der Waals surface area contributed by atoms with Crippen molar-refractivity contribution in [2.45, 2.75) is 38.3 Å². The summed E-state index contributed by atoms with van der Waals surface area (Å²) in [5, 5.41) is 3.20. The van der Waals surface area contributed by atoms with E-state index in [1.54, 1.807) is 0 Å². The van der Waals surface area contributed by atoms with Crippen LogP contribution in [-0.2, 0) is 19.0 Å². The molecule has 0 spiro atoms. The normalized spacial score (nSPS) is 16.8. The van der Waals surface area contributed by atoms with E-state index in [2.05, 4.69) is 12.2 Å². The van der Waals surface area contributed by atoms with Crippen LogP contribution in [0.15, 0.2) is 0 Å². The Morgan fingerprint density at radius 1 is 1.29 bits per heavy atom. The zero-order valence-electron chi connectivity index (χ0n) is 10.7. The second kappa shape index (κ2) is 8.44. The SMILES string of the molecule is CCCOCCOCC(NC1CC1)C(=O)OC. The van der Waals surface area contributed by atoms with Gasteiger partial charge in [0, 0.05) is 12.6 Å². The van der Waals surface area contributed by atoms with Gasteiger partial charge in [-0.05, 0) is 19.3 Å². The second-order valence-electron chi connectivity index (χ2n) is 4.20. The fourth-order valence-corrected chi connectivity index (χ4v) is 1.43. The van der Waals surface area contributed by atoms with Crippen LogP contribution in [0.25, 0.3) is 0 Å². The summed E-state index contributed by atoms with van der Waals surface area (Å²) < 4.78 is 15.4. The minimum absolute atomic E-state index is 0.258. The molecule has 1 aliphatic rings. The van der Waals surface area contributed by atoms with E-state index in [1.807, 2.05) is 0 Å². The van der Waals surface area contributed by atoms with Crippen molar-refractivity contribution in [1.29, 1.82) is 0 Å². The van der Waals surface area contributed by atoms with Gasteiger partial charge in [0.05, 0.1) is 26.9 Å². The smallest absolute Gasteiger partial charge is 0.325 e. The van der Waals surface area contributed by atoms with Crippen molar-refractivity contribution < 1.29 is 19.0 Å².